The summed E-state index contributed by atoms with van der Waals surface area (Å²) in [6.07, 6.45) is 3.88. The summed E-state index contributed by atoms with van der Waals surface area (Å²) in [7, 11) is 0. The standard InChI is InChI=1S/C21H25F3N4O2/c22-21(23,24)18-5-3-17(4-6-18)20(30)28-12-7-16(8-13-28)19(29)26-9-1-2-11-27-14-10-25-15-27/h3-6,10,14-16H,1-2,7-9,11-13H2,(H,26,29). The molecule has 1 aromatic carbocycles. The van der Waals surface area contributed by atoms with Gasteiger partial charge in [0.05, 0.1) is 11.9 Å². The number of benzene rings is 1. The first kappa shape index (κ1) is 21.9. The molecule has 9 heteroatoms. The number of amides is 2. The number of nitrogens with zero attached hydrogens (tertiary/aromatic N) is 3. The van der Waals surface area contributed by atoms with Gasteiger partial charge >= 0.3 is 6.18 Å². The van der Waals surface area contributed by atoms with E-state index in [1.165, 1.54) is 12.1 Å². The Morgan fingerprint density at radius 1 is 1.10 bits per heavy atom. The van der Waals surface area contributed by atoms with Crippen molar-refractivity contribution in [2.24, 2.45) is 5.92 Å². The number of hydrogen-bond acceptors (Lipinski definition) is 3. The van der Waals surface area contributed by atoms with E-state index in [9.17, 15) is 22.8 Å². The lowest BCUT2D eigenvalue weighted by atomic mass is 9.95. The lowest BCUT2D eigenvalue weighted by Crippen LogP contribution is -2.43. The Hall–Kier alpha value is -2.84. The van der Waals surface area contributed by atoms with Gasteiger partial charge < -0.3 is 14.8 Å². The van der Waals surface area contributed by atoms with Gasteiger partial charge in [-0.2, -0.15) is 13.2 Å². The van der Waals surface area contributed by atoms with Crippen LogP contribution in [0.25, 0.3) is 0 Å². The van der Waals surface area contributed by atoms with Crippen molar-refractivity contribution >= 4 is 11.8 Å². The summed E-state index contributed by atoms with van der Waals surface area (Å²) < 4.78 is 40.0. The van der Waals surface area contributed by atoms with Crippen molar-refractivity contribution in [1.82, 2.24) is 19.8 Å². The molecule has 1 fully saturated rings. The Labute approximate surface area is 173 Å². The van der Waals surface area contributed by atoms with E-state index in [2.05, 4.69) is 10.3 Å². The molecular formula is C21H25F3N4O2. The monoisotopic (exact) mass is 422 g/mol. The minimum absolute atomic E-state index is 0.000685. The number of aromatic nitrogens is 2. The van der Waals surface area contributed by atoms with E-state index in [0.717, 1.165) is 31.5 Å². The van der Waals surface area contributed by atoms with Gasteiger partial charge in [0.15, 0.2) is 0 Å². The summed E-state index contributed by atoms with van der Waals surface area (Å²) in [5.74, 6) is -0.448. The van der Waals surface area contributed by atoms with E-state index >= 15 is 0 Å². The van der Waals surface area contributed by atoms with Crippen molar-refractivity contribution < 1.29 is 22.8 Å². The number of piperidine rings is 1. The average Bonchev–Trinajstić information content (AvgIpc) is 3.26. The maximum atomic E-state index is 12.7. The lowest BCUT2D eigenvalue weighted by Gasteiger charge is -2.31. The third-order valence-corrected chi connectivity index (χ3v) is 5.31. The SMILES string of the molecule is O=C(NCCCCn1ccnc1)C1CCN(C(=O)c2ccc(C(F)(F)F)cc2)CC1. The minimum Gasteiger partial charge on any atom is -0.356 e. The third kappa shape index (κ3) is 5.84. The quantitative estimate of drug-likeness (QED) is 0.696. The van der Waals surface area contributed by atoms with Crippen LogP contribution < -0.4 is 5.32 Å². The number of rotatable bonds is 7. The molecule has 1 aliphatic heterocycles. The molecule has 162 valence electrons. The van der Waals surface area contributed by atoms with E-state index in [-0.39, 0.29) is 23.3 Å². The Kier molecular flexibility index (Phi) is 7.12. The largest absolute Gasteiger partial charge is 0.416 e. The van der Waals surface area contributed by atoms with Crippen LogP contribution >= 0.6 is 0 Å². The molecule has 2 aromatic rings. The highest BCUT2D eigenvalue weighted by atomic mass is 19.4. The van der Waals surface area contributed by atoms with E-state index < -0.39 is 11.7 Å². The number of nitrogens with one attached hydrogen (secondary N) is 1. The number of carbonyl (C=O) groups excluding carboxylic acids is 2. The number of halogens is 3. The highest BCUT2D eigenvalue weighted by Crippen LogP contribution is 2.29. The lowest BCUT2D eigenvalue weighted by molar-refractivity contribution is -0.137. The highest BCUT2D eigenvalue weighted by Gasteiger charge is 2.31. The number of likely N-dealkylation sites (tertiary alicyclic amines) is 1. The predicted octanol–water partition coefficient (Wildman–Crippen LogP) is 3.35. The third-order valence-electron chi connectivity index (χ3n) is 5.31. The van der Waals surface area contributed by atoms with E-state index in [4.69, 9.17) is 0 Å². The molecule has 0 bridgehead atoms. The van der Waals surface area contributed by atoms with Crippen molar-refractivity contribution in [3.05, 3.63) is 54.1 Å². The number of unbranched alkanes of at least 4 members (excludes halogenated alkanes) is 1. The van der Waals surface area contributed by atoms with Gasteiger partial charge in [-0.3, -0.25) is 9.59 Å². The molecule has 30 heavy (non-hydrogen) atoms. The van der Waals surface area contributed by atoms with E-state index in [1.807, 2.05) is 10.8 Å². The fourth-order valence-electron chi connectivity index (χ4n) is 3.52. The molecule has 0 radical (unpaired) electrons. The molecule has 0 saturated carbocycles. The van der Waals surface area contributed by atoms with Crippen LogP contribution in [-0.2, 0) is 17.5 Å². The fraction of sp³-hybridized carbons (Fsp3) is 0.476. The van der Waals surface area contributed by atoms with Crippen LogP contribution in [0.5, 0.6) is 0 Å². The van der Waals surface area contributed by atoms with Crippen LogP contribution in [0.15, 0.2) is 43.0 Å². The molecule has 0 spiro atoms. The second-order valence-corrected chi connectivity index (χ2v) is 7.44. The van der Waals surface area contributed by atoms with Gasteiger partial charge in [0.2, 0.25) is 5.91 Å². The van der Waals surface area contributed by atoms with Crippen molar-refractivity contribution in [1.29, 1.82) is 0 Å². The van der Waals surface area contributed by atoms with E-state index in [1.54, 1.807) is 17.4 Å². The molecule has 6 nitrogen and oxygen atoms in total. The van der Waals surface area contributed by atoms with Crippen molar-refractivity contribution in [2.45, 2.75) is 38.4 Å². The maximum absolute atomic E-state index is 12.7. The number of alkyl halides is 3. The molecular weight excluding hydrogens is 397 g/mol. The molecule has 3 rings (SSSR count). The molecule has 1 aliphatic rings. The van der Waals surface area contributed by atoms with Crippen LogP contribution in [0.2, 0.25) is 0 Å². The molecule has 0 unspecified atom stereocenters. The molecule has 1 aromatic heterocycles. The van der Waals surface area contributed by atoms with Gasteiger partial charge in [-0.25, -0.2) is 4.98 Å². The Balaban J connectivity index is 1.38. The zero-order valence-electron chi connectivity index (χ0n) is 16.6. The smallest absolute Gasteiger partial charge is 0.356 e. The molecule has 1 N–H and O–H groups in total. The first-order chi connectivity index (χ1) is 14.3. The maximum Gasteiger partial charge on any atom is 0.416 e. The van der Waals surface area contributed by atoms with Gasteiger partial charge in [-0.05, 0) is 49.9 Å². The van der Waals surface area contributed by atoms with Crippen LogP contribution in [0.4, 0.5) is 13.2 Å². The number of carbonyl (C=O) groups is 2. The Morgan fingerprint density at radius 2 is 1.80 bits per heavy atom. The Morgan fingerprint density at radius 3 is 2.40 bits per heavy atom. The van der Waals surface area contributed by atoms with Gasteiger partial charge in [-0.15, -0.1) is 0 Å². The molecule has 2 heterocycles. The normalized spacial score (nSPS) is 15.2. The van der Waals surface area contributed by atoms with Gasteiger partial charge in [-0.1, -0.05) is 0 Å². The summed E-state index contributed by atoms with van der Waals surface area (Å²) in [5, 5.41) is 2.95. The molecule has 0 aliphatic carbocycles. The van der Waals surface area contributed by atoms with Gasteiger partial charge in [0, 0.05) is 50.1 Å². The summed E-state index contributed by atoms with van der Waals surface area (Å²) in [6, 6.07) is 4.24. The molecule has 2 amide bonds. The average molecular weight is 422 g/mol. The topological polar surface area (TPSA) is 67.2 Å². The fourth-order valence-corrected chi connectivity index (χ4v) is 3.52. The number of hydrogen-bond donors (Lipinski definition) is 1. The first-order valence-corrected chi connectivity index (χ1v) is 10.0. The number of aryl methyl sites for hydroxylation is 1. The highest BCUT2D eigenvalue weighted by molar-refractivity contribution is 5.94. The Bertz CT molecular complexity index is 827. The van der Waals surface area contributed by atoms with Crippen molar-refractivity contribution in [3.8, 4) is 0 Å². The zero-order chi connectivity index (χ0) is 21.6. The second-order valence-electron chi connectivity index (χ2n) is 7.44. The molecule has 0 atom stereocenters. The van der Waals surface area contributed by atoms with Gasteiger partial charge in [0.1, 0.15) is 0 Å². The second kappa shape index (κ2) is 9.77. The summed E-state index contributed by atoms with van der Waals surface area (Å²) in [6.45, 7) is 2.30. The van der Waals surface area contributed by atoms with Crippen molar-refractivity contribution in [3.63, 3.8) is 0 Å². The van der Waals surface area contributed by atoms with Crippen LogP contribution in [0, 0.1) is 5.92 Å². The summed E-state index contributed by atoms with van der Waals surface area (Å²) in [5.41, 5.74) is -0.553. The molecule has 1 saturated heterocycles. The minimum atomic E-state index is -4.42. The van der Waals surface area contributed by atoms with Crippen LogP contribution in [0.1, 0.15) is 41.6 Å². The predicted molar refractivity (Wildman–Crippen MR) is 105 cm³/mol. The number of imidazole rings is 1. The summed E-state index contributed by atoms with van der Waals surface area (Å²) >= 11 is 0. The zero-order valence-corrected chi connectivity index (χ0v) is 16.6. The summed E-state index contributed by atoms with van der Waals surface area (Å²) in [4.78, 5) is 30.4. The van der Waals surface area contributed by atoms with E-state index in [0.29, 0.717) is 32.5 Å². The van der Waals surface area contributed by atoms with Crippen LogP contribution in [0.3, 0.4) is 0 Å². The first-order valence-electron chi connectivity index (χ1n) is 10.0. The van der Waals surface area contributed by atoms with Crippen LogP contribution in [-0.4, -0.2) is 45.9 Å². The van der Waals surface area contributed by atoms with Gasteiger partial charge in [0.25, 0.3) is 5.91 Å². The van der Waals surface area contributed by atoms with Crippen molar-refractivity contribution in [2.75, 3.05) is 19.6 Å².